The summed E-state index contributed by atoms with van der Waals surface area (Å²) in [4.78, 5) is 16.1. The van der Waals surface area contributed by atoms with E-state index in [-0.39, 0.29) is 6.03 Å². The molecule has 2 amide bonds. The first-order chi connectivity index (χ1) is 8.24. The fourth-order valence-corrected chi connectivity index (χ4v) is 3.23. The van der Waals surface area contributed by atoms with Crippen LogP contribution in [0.25, 0.3) is 0 Å². The zero-order valence-electron chi connectivity index (χ0n) is 11.1. The zero-order valence-corrected chi connectivity index (χ0v) is 11.1. The smallest absolute Gasteiger partial charge is 0.320 e. The van der Waals surface area contributed by atoms with Crippen LogP contribution >= 0.6 is 0 Å². The van der Waals surface area contributed by atoms with Crippen molar-refractivity contribution >= 4 is 6.03 Å². The summed E-state index contributed by atoms with van der Waals surface area (Å²) in [7, 11) is 3.93. The Kier molecular flexibility index (Phi) is 4.26. The highest BCUT2D eigenvalue weighted by Crippen LogP contribution is 2.33. The molecule has 0 aromatic heterocycles. The van der Waals surface area contributed by atoms with Crippen molar-refractivity contribution in [2.45, 2.75) is 38.1 Å². The Bertz CT molecular complexity index is 263. The van der Waals surface area contributed by atoms with Gasteiger partial charge in [-0.25, -0.2) is 4.79 Å². The summed E-state index contributed by atoms with van der Waals surface area (Å²) in [5, 5.41) is 3.13. The molecule has 1 N–H and O–H groups in total. The Morgan fingerprint density at radius 1 is 1.35 bits per heavy atom. The molecule has 1 atom stereocenters. The number of rotatable bonds is 5. The van der Waals surface area contributed by atoms with Gasteiger partial charge >= 0.3 is 6.03 Å². The number of likely N-dealkylation sites (N-methyl/N-ethyl adjacent to an activating group) is 1. The molecule has 98 valence electrons. The molecule has 4 nitrogen and oxygen atoms in total. The van der Waals surface area contributed by atoms with E-state index in [0.717, 1.165) is 32.0 Å². The Balaban J connectivity index is 1.87. The number of nitrogens with zero attached hydrogens (tertiary/aromatic N) is 2. The third-order valence-electron chi connectivity index (χ3n) is 4.28. The summed E-state index contributed by atoms with van der Waals surface area (Å²) in [6.07, 6.45) is 6.37. The minimum Gasteiger partial charge on any atom is -0.323 e. The van der Waals surface area contributed by atoms with Gasteiger partial charge in [0.25, 0.3) is 0 Å². The molecule has 0 aromatic carbocycles. The first-order valence-electron chi connectivity index (χ1n) is 6.90. The zero-order chi connectivity index (χ0) is 12.3. The van der Waals surface area contributed by atoms with Crippen LogP contribution in [0, 0.1) is 5.92 Å². The van der Waals surface area contributed by atoms with Crippen LogP contribution in [0.2, 0.25) is 0 Å². The lowest BCUT2D eigenvalue weighted by molar-refractivity contribution is 0.189. The van der Waals surface area contributed by atoms with Crippen LogP contribution in [0.1, 0.15) is 32.1 Å². The molecule has 0 spiro atoms. The molecule has 1 unspecified atom stereocenters. The SMILES string of the molecule is CNCCCN1CC(C2CCCC2)N(C)C1=O. The molecule has 4 heteroatoms. The Hall–Kier alpha value is -0.770. The van der Waals surface area contributed by atoms with Gasteiger partial charge in [-0.05, 0) is 38.8 Å². The first kappa shape index (κ1) is 12.7. The fraction of sp³-hybridized carbons (Fsp3) is 0.923. The predicted octanol–water partition coefficient (Wildman–Crippen LogP) is 1.52. The summed E-state index contributed by atoms with van der Waals surface area (Å²) < 4.78 is 0. The van der Waals surface area contributed by atoms with Gasteiger partial charge in [0.05, 0.1) is 6.04 Å². The monoisotopic (exact) mass is 239 g/mol. The van der Waals surface area contributed by atoms with E-state index in [1.165, 1.54) is 25.7 Å². The number of hydrogen-bond acceptors (Lipinski definition) is 2. The van der Waals surface area contributed by atoms with E-state index in [2.05, 4.69) is 5.32 Å². The lowest BCUT2D eigenvalue weighted by Gasteiger charge is -2.23. The van der Waals surface area contributed by atoms with E-state index >= 15 is 0 Å². The maximum Gasteiger partial charge on any atom is 0.320 e. The summed E-state index contributed by atoms with van der Waals surface area (Å²) in [6, 6.07) is 0.706. The standard InChI is InChI=1S/C13H25N3O/c1-14-8-5-9-16-10-12(15(2)13(16)17)11-6-3-4-7-11/h11-12,14H,3-10H2,1-2H3. The Morgan fingerprint density at radius 3 is 2.71 bits per heavy atom. The Labute approximate surface area is 104 Å². The van der Waals surface area contributed by atoms with Crippen molar-refractivity contribution in [2.75, 3.05) is 33.7 Å². The Morgan fingerprint density at radius 2 is 2.06 bits per heavy atom. The van der Waals surface area contributed by atoms with Gasteiger partial charge in [0.15, 0.2) is 0 Å². The molecular weight excluding hydrogens is 214 g/mol. The molecule has 0 bridgehead atoms. The van der Waals surface area contributed by atoms with Crippen molar-refractivity contribution in [2.24, 2.45) is 5.92 Å². The second kappa shape index (κ2) is 5.71. The number of urea groups is 1. The molecule has 1 heterocycles. The summed E-state index contributed by atoms with van der Waals surface area (Å²) in [6.45, 7) is 2.83. The average molecular weight is 239 g/mol. The minimum absolute atomic E-state index is 0.234. The lowest BCUT2D eigenvalue weighted by atomic mass is 9.98. The molecule has 2 fully saturated rings. The van der Waals surface area contributed by atoms with Gasteiger partial charge in [-0.2, -0.15) is 0 Å². The average Bonchev–Trinajstić information content (AvgIpc) is 2.93. The molecule has 17 heavy (non-hydrogen) atoms. The highest BCUT2D eigenvalue weighted by atomic mass is 16.2. The number of amides is 2. The van der Waals surface area contributed by atoms with E-state index in [9.17, 15) is 4.79 Å². The predicted molar refractivity (Wildman–Crippen MR) is 69.0 cm³/mol. The van der Waals surface area contributed by atoms with E-state index in [1.54, 1.807) is 0 Å². The van der Waals surface area contributed by atoms with Gasteiger partial charge in [0.1, 0.15) is 0 Å². The van der Waals surface area contributed by atoms with Gasteiger partial charge in [0.2, 0.25) is 0 Å². The topological polar surface area (TPSA) is 35.6 Å². The van der Waals surface area contributed by atoms with Gasteiger partial charge in [-0.3, -0.25) is 0 Å². The van der Waals surface area contributed by atoms with E-state index < -0.39 is 0 Å². The number of carbonyl (C=O) groups is 1. The third-order valence-corrected chi connectivity index (χ3v) is 4.28. The van der Waals surface area contributed by atoms with Crippen molar-refractivity contribution < 1.29 is 4.79 Å². The summed E-state index contributed by atoms with van der Waals surface area (Å²) >= 11 is 0. The van der Waals surface area contributed by atoms with E-state index in [4.69, 9.17) is 0 Å². The molecule has 1 saturated heterocycles. The van der Waals surface area contributed by atoms with Crippen LogP contribution in [-0.2, 0) is 0 Å². The highest BCUT2D eigenvalue weighted by Gasteiger charge is 2.39. The highest BCUT2D eigenvalue weighted by molar-refractivity contribution is 5.76. The van der Waals surface area contributed by atoms with E-state index in [1.807, 2.05) is 23.9 Å². The molecule has 1 aliphatic carbocycles. The van der Waals surface area contributed by atoms with Gasteiger partial charge in [-0.15, -0.1) is 0 Å². The van der Waals surface area contributed by atoms with Crippen LogP contribution in [0.15, 0.2) is 0 Å². The summed E-state index contributed by atoms with van der Waals surface area (Å²) in [5.41, 5.74) is 0. The third kappa shape index (κ3) is 2.73. The molecule has 0 radical (unpaired) electrons. The maximum atomic E-state index is 12.1. The largest absolute Gasteiger partial charge is 0.323 e. The second-order valence-electron chi connectivity index (χ2n) is 5.41. The maximum absolute atomic E-state index is 12.1. The molecule has 1 aliphatic heterocycles. The second-order valence-corrected chi connectivity index (χ2v) is 5.41. The van der Waals surface area contributed by atoms with Crippen molar-refractivity contribution in [3.8, 4) is 0 Å². The minimum atomic E-state index is 0.234. The van der Waals surface area contributed by atoms with Crippen LogP contribution < -0.4 is 5.32 Å². The fourth-order valence-electron chi connectivity index (χ4n) is 3.23. The van der Waals surface area contributed by atoms with Crippen LogP contribution in [0.3, 0.4) is 0 Å². The van der Waals surface area contributed by atoms with Crippen molar-refractivity contribution in [3.05, 3.63) is 0 Å². The number of hydrogen-bond donors (Lipinski definition) is 1. The quantitative estimate of drug-likeness (QED) is 0.738. The lowest BCUT2D eigenvalue weighted by Crippen LogP contribution is -2.35. The molecule has 0 aromatic rings. The number of nitrogens with one attached hydrogen (secondary N) is 1. The normalized spacial score (nSPS) is 26.2. The van der Waals surface area contributed by atoms with Crippen molar-refractivity contribution in [1.82, 2.24) is 15.1 Å². The van der Waals surface area contributed by atoms with Gasteiger partial charge in [0, 0.05) is 20.1 Å². The number of carbonyl (C=O) groups excluding carboxylic acids is 1. The van der Waals surface area contributed by atoms with Crippen molar-refractivity contribution in [3.63, 3.8) is 0 Å². The molecule has 2 rings (SSSR count). The van der Waals surface area contributed by atoms with E-state index in [0.29, 0.717) is 6.04 Å². The van der Waals surface area contributed by atoms with Gasteiger partial charge < -0.3 is 15.1 Å². The molecular formula is C13H25N3O. The van der Waals surface area contributed by atoms with Crippen LogP contribution in [0.5, 0.6) is 0 Å². The molecule has 1 saturated carbocycles. The summed E-state index contributed by atoms with van der Waals surface area (Å²) in [5.74, 6) is 0.748. The van der Waals surface area contributed by atoms with Gasteiger partial charge in [-0.1, -0.05) is 12.8 Å². The molecule has 2 aliphatic rings. The van der Waals surface area contributed by atoms with Crippen LogP contribution in [0.4, 0.5) is 4.79 Å². The first-order valence-corrected chi connectivity index (χ1v) is 6.90. The van der Waals surface area contributed by atoms with Crippen LogP contribution in [-0.4, -0.2) is 55.6 Å². The van der Waals surface area contributed by atoms with Crippen molar-refractivity contribution in [1.29, 1.82) is 0 Å².